The second kappa shape index (κ2) is 5.88. The maximum Gasteiger partial charge on any atom is 0.214 e. The lowest BCUT2D eigenvalue weighted by Gasteiger charge is -2.35. The summed E-state index contributed by atoms with van der Waals surface area (Å²) >= 11 is 0. The number of piperidine rings is 1. The quantitative estimate of drug-likeness (QED) is 0.850. The Morgan fingerprint density at radius 2 is 1.78 bits per heavy atom. The zero-order valence-corrected chi connectivity index (χ0v) is 13.2. The SMILES string of the molecule is CNC(C)C1CCN(S(=O)(=O)CC(C)(C)C)CC1. The third kappa shape index (κ3) is 4.52. The van der Waals surface area contributed by atoms with Gasteiger partial charge in [0.2, 0.25) is 10.0 Å². The number of nitrogens with one attached hydrogen (secondary N) is 1. The number of hydrogen-bond donors (Lipinski definition) is 1. The van der Waals surface area contributed by atoms with Crippen molar-refractivity contribution in [2.45, 2.75) is 46.6 Å². The lowest BCUT2D eigenvalue weighted by molar-refractivity contribution is 0.234. The van der Waals surface area contributed by atoms with Gasteiger partial charge in [0.05, 0.1) is 5.75 Å². The van der Waals surface area contributed by atoms with E-state index in [0.29, 0.717) is 25.0 Å². The molecule has 1 heterocycles. The van der Waals surface area contributed by atoms with Crippen molar-refractivity contribution >= 4 is 10.0 Å². The van der Waals surface area contributed by atoms with Gasteiger partial charge < -0.3 is 5.32 Å². The lowest BCUT2D eigenvalue weighted by Crippen LogP contribution is -2.45. The molecule has 0 aromatic carbocycles. The van der Waals surface area contributed by atoms with Gasteiger partial charge >= 0.3 is 0 Å². The molecule has 18 heavy (non-hydrogen) atoms. The topological polar surface area (TPSA) is 49.4 Å². The summed E-state index contributed by atoms with van der Waals surface area (Å²) < 4.78 is 26.2. The van der Waals surface area contributed by atoms with Gasteiger partial charge in [0.15, 0.2) is 0 Å². The van der Waals surface area contributed by atoms with E-state index in [-0.39, 0.29) is 11.2 Å². The molecule has 0 saturated carbocycles. The van der Waals surface area contributed by atoms with Crippen LogP contribution in [0.3, 0.4) is 0 Å². The highest BCUT2D eigenvalue weighted by atomic mass is 32.2. The van der Waals surface area contributed by atoms with E-state index < -0.39 is 10.0 Å². The first kappa shape index (κ1) is 15.9. The van der Waals surface area contributed by atoms with E-state index in [1.54, 1.807) is 4.31 Å². The maximum atomic E-state index is 12.3. The second-order valence-corrected chi connectivity index (χ2v) is 8.60. The first-order valence-corrected chi connectivity index (χ1v) is 8.42. The molecule has 0 aromatic rings. The molecule has 0 spiro atoms. The Balaban J connectivity index is 2.57. The molecular weight excluding hydrogens is 248 g/mol. The fourth-order valence-electron chi connectivity index (χ4n) is 2.53. The molecule has 0 aliphatic carbocycles. The molecule has 1 aliphatic heterocycles. The normalized spacial score (nSPS) is 22.1. The number of sulfonamides is 1. The summed E-state index contributed by atoms with van der Waals surface area (Å²) in [7, 11) is -1.12. The smallest absolute Gasteiger partial charge is 0.214 e. The van der Waals surface area contributed by atoms with Gasteiger partial charge in [0, 0.05) is 19.1 Å². The van der Waals surface area contributed by atoms with Crippen LogP contribution in [0.2, 0.25) is 0 Å². The standard InChI is InChI=1S/C13H28N2O2S/c1-11(14-5)12-6-8-15(9-7-12)18(16,17)10-13(2,3)4/h11-12,14H,6-10H2,1-5H3. The molecule has 108 valence electrons. The molecule has 0 aromatic heterocycles. The minimum atomic E-state index is -3.08. The van der Waals surface area contributed by atoms with Gasteiger partial charge in [-0.15, -0.1) is 0 Å². The first-order valence-electron chi connectivity index (χ1n) is 6.81. The molecule has 1 N–H and O–H groups in total. The van der Waals surface area contributed by atoms with Crippen molar-refractivity contribution in [2.75, 3.05) is 25.9 Å². The minimum absolute atomic E-state index is 0.173. The summed E-state index contributed by atoms with van der Waals surface area (Å²) in [5.41, 5.74) is -0.173. The van der Waals surface area contributed by atoms with Crippen LogP contribution in [-0.2, 0) is 10.0 Å². The third-order valence-electron chi connectivity index (χ3n) is 3.67. The molecule has 1 unspecified atom stereocenters. The van der Waals surface area contributed by atoms with E-state index in [9.17, 15) is 8.42 Å². The van der Waals surface area contributed by atoms with Crippen LogP contribution in [-0.4, -0.2) is 44.7 Å². The van der Waals surface area contributed by atoms with E-state index in [1.165, 1.54) is 0 Å². The van der Waals surface area contributed by atoms with Crippen LogP contribution in [0.15, 0.2) is 0 Å². The van der Waals surface area contributed by atoms with Crippen molar-refractivity contribution in [3.05, 3.63) is 0 Å². The molecular formula is C13H28N2O2S. The predicted octanol–water partition coefficient (Wildman–Crippen LogP) is 1.68. The Morgan fingerprint density at radius 3 is 2.17 bits per heavy atom. The van der Waals surface area contributed by atoms with Crippen LogP contribution in [0.25, 0.3) is 0 Å². The van der Waals surface area contributed by atoms with Crippen molar-refractivity contribution in [3.8, 4) is 0 Å². The molecule has 1 atom stereocenters. The highest BCUT2D eigenvalue weighted by Crippen LogP contribution is 2.25. The molecule has 0 amide bonds. The molecule has 4 nitrogen and oxygen atoms in total. The maximum absolute atomic E-state index is 12.3. The summed E-state index contributed by atoms with van der Waals surface area (Å²) in [5.74, 6) is 0.836. The van der Waals surface area contributed by atoms with E-state index in [1.807, 2.05) is 27.8 Å². The fourth-order valence-corrected chi connectivity index (χ4v) is 4.57. The fraction of sp³-hybridized carbons (Fsp3) is 1.00. The number of rotatable bonds is 4. The average molecular weight is 276 g/mol. The van der Waals surface area contributed by atoms with E-state index in [0.717, 1.165) is 12.8 Å². The van der Waals surface area contributed by atoms with Gasteiger partial charge in [-0.1, -0.05) is 20.8 Å². The van der Waals surface area contributed by atoms with Crippen LogP contribution >= 0.6 is 0 Å². The summed E-state index contributed by atoms with van der Waals surface area (Å²) in [6, 6.07) is 0.470. The Kier molecular flexibility index (Phi) is 5.21. The van der Waals surface area contributed by atoms with E-state index >= 15 is 0 Å². The lowest BCUT2D eigenvalue weighted by atomic mass is 9.91. The third-order valence-corrected chi connectivity index (χ3v) is 6.05. The molecule has 0 radical (unpaired) electrons. The van der Waals surface area contributed by atoms with Crippen molar-refractivity contribution in [2.24, 2.45) is 11.3 Å². The Morgan fingerprint density at radius 1 is 1.28 bits per heavy atom. The minimum Gasteiger partial charge on any atom is -0.317 e. The Hall–Kier alpha value is -0.130. The van der Waals surface area contributed by atoms with Crippen molar-refractivity contribution < 1.29 is 8.42 Å². The molecule has 1 saturated heterocycles. The van der Waals surface area contributed by atoms with Gasteiger partial charge in [-0.2, -0.15) is 0 Å². The molecule has 5 heteroatoms. The number of nitrogens with zero attached hydrogens (tertiary/aromatic N) is 1. The van der Waals surface area contributed by atoms with Gasteiger partial charge in [-0.05, 0) is 38.1 Å². The summed E-state index contributed by atoms with van der Waals surface area (Å²) in [4.78, 5) is 0. The van der Waals surface area contributed by atoms with Crippen molar-refractivity contribution in [1.82, 2.24) is 9.62 Å². The predicted molar refractivity (Wildman–Crippen MR) is 76.1 cm³/mol. The Labute approximate surface area is 112 Å². The highest BCUT2D eigenvalue weighted by Gasteiger charge is 2.32. The van der Waals surface area contributed by atoms with Crippen LogP contribution in [0.1, 0.15) is 40.5 Å². The van der Waals surface area contributed by atoms with Gasteiger partial charge in [-0.25, -0.2) is 12.7 Å². The van der Waals surface area contributed by atoms with Crippen molar-refractivity contribution in [1.29, 1.82) is 0 Å². The largest absolute Gasteiger partial charge is 0.317 e. The average Bonchev–Trinajstić information content (AvgIpc) is 2.25. The van der Waals surface area contributed by atoms with Gasteiger partial charge in [-0.3, -0.25) is 0 Å². The van der Waals surface area contributed by atoms with Gasteiger partial charge in [0.1, 0.15) is 0 Å². The van der Waals surface area contributed by atoms with Gasteiger partial charge in [0.25, 0.3) is 0 Å². The molecule has 1 aliphatic rings. The summed E-state index contributed by atoms with van der Waals surface area (Å²) in [6.45, 7) is 9.44. The Bertz CT molecular complexity index is 352. The summed E-state index contributed by atoms with van der Waals surface area (Å²) in [5, 5.41) is 3.26. The number of hydrogen-bond acceptors (Lipinski definition) is 3. The zero-order chi connectivity index (χ0) is 14.0. The molecule has 1 rings (SSSR count). The zero-order valence-electron chi connectivity index (χ0n) is 12.4. The summed E-state index contributed by atoms with van der Waals surface area (Å²) in [6.07, 6.45) is 1.93. The molecule has 0 bridgehead atoms. The van der Waals surface area contributed by atoms with Crippen LogP contribution in [0.4, 0.5) is 0 Å². The van der Waals surface area contributed by atoms with Crippen molar-refractivity contribution in [3.63, 3.8) is 0 Å². The van der Waals surface area contributed by atoms with Crippen LogP contribution in [0, 0.1) is 11.3 Å². The highest BCUT2D eigenvalue weighted by molar-refractivity contribution is 7.89. The molecule has 1 fully saturated rings. The van der Waals surface area contributed by atoms with E-state index in [4.69, 9.17) is 0 Å². The van der Waals surface area contributed by atoms with E-state index in [2.05, 4.69) is 12.2 Å². The van der Waals surface area contributed by atoms with Crippen LogP contribution < -0.4 is 5.32 Å². The van der Waals surface area contributed by atoms with Crippen LogP contribution in [0.5, 0.6) is 0 Å². The first-order chi connectivity index (χ1) is 8.15. The monoisotopic (exact) mass is 276 g/mol. The second-order valence-electron chi connectivity index (χ2n) is 6.63.